The number of carbonyl (C=O) groups is 1. The van der Waals surface area contributed by atoms with Crippen LogP contribution in [0.1, 0.15) is 48.1 Å². The van der Waals surface area contributed by atoms with Crippen molar-refractivity contribution in [2.75, 3.05) is 19.8 Å². The van der Waals surface area contributed by atoms with E-state index in [1.165, 1.54) is 10.5 Å². The van der Waals surface area contributed by atoms with E-state index in [1.54, 1.807) is 0 Å². The third-order valence-electron chi connectivity index (χ3n) is 6.38. The Morgan fingerprint density at radius 1 is 1.10 bits per heavy atom. The average Bonchev–Trinajstić information content (AvgIpc) is 3.34. The minimum atomic E-state index is -0.0994. The Hall–Kier alpha value is -2.79. The molecule has 2 aliphatic rings. The van der Waals surface area contributed by atoms with Crippen LogP contribution in [0.25, 0.3) is 10.9 Å². The summed E-state index contributed by atoms with van der Waals surface area (Å²) in [5.74, 6) is 1.87. The Morgan fingerprint density at radius 2 is 1.93 bits per heavy atom. The van der Waals surface area contributed by atoms with Crippen LogP contribution in [0, 0.1) is 0 Å². The molecule has 0 radical (unpaired) electrons. The Labute approximate surface area is 170 Å². The highest BCUT2D eigenvalue weighted by Gasteiger charge is 2.38. The van der Waals surface area contributed by atoms with Crippen LogP contribution in [0.5, 0.6) is 11.5 Å². The van der Waals surface area contributed by atoms with Gasteiger partial charge in [-0.3, -0.25) is 4.79 Å². The lowest BCUT2D eigenvalue weighted by atomic mass is 9.99. The summed E-state index contributed by atoms with van der Waals surface area (Å²) in [6, 6.07) is 14.5. The van der Waals surface area contributed by atoms with Gasteiger partial charge in [0.1, 0.15) is 12.1 Å². The van der Waals surface area contributed by atoms with Gasteiger partial charge < -0.3 is 19.4 Å². The lowest BCUT2D eigenvalue weighted by molar-refractivity contribution is -0.931. The number of aromatic amines is 1. The Balaban J connectivity index is 1.42. The number of Topliss-reactive ketones (excluding diaryl/α,β-unsaturated/α-hetero) is 1. The molecule has 0 spiro atoms. The molecule has 1 saturated heterocycles. The zero-order valence-electron chi connectivity index (χ0n) is 16.7. The van der Waals surface area contributed by atoms with Crippen LogP contribution in [0.15, 0.2) is 48.7 Å². The van der Waals surface area contributed by atoms with Crippen LogP contribution in [0.2, 0.25) is 0 Å². The normalized spacial score (nSPS) is 22.4. The zero-order chi connectivity index (χ0) is 19.8. The van der Waals surface area contributed by atoms with Gasteiger partial charge in [0, 0.05) is 47.5 Å². The van der Waals surface area contributed by atoms with Crippen LogP contribution in [0.3, 0.4) is 0 Å². The van der Waals surface area contributed by atoms with Gasteiger partial charge >= 0.3 is 0 Å². The van der Waals surface area contributed by atoms with E-state index in [-0.39, 0.29) is 11.8 Å². The number of ketones is 1. The predicted molar refractivity (Wildman–Crippen MR) is 112 cm³/mol. The lowest BCUT2D eigenvalue weighted by Crippen LogP contribution is -3.14. The number of ether oxygens (including phenoxy) is 2. The fourth-order valence-electron chi connectivity index (χ4n) is 4.84. The topological polar surface area (TPSA) is 55.8 Å². The fraction of sp³-hybridized carbons (Fsp3) is 0.375. The molecule has 3 atom stereocenters. The standard InChI is InChI=1S/C24H26N2O3/c1-16(24(27)19-15-25-20-7-3-2-6-18(19)20)26-11-4-8-21(26)17-9-10-22-23(14-17)29-13-5-12-28-22/h2-3,6-7,9-10,14-16,21,25H,4-5,8,11-13H2,1H3/p+1/t16-,21-/m1/s1. The smallest absolute Gasteiger partial charge is 0.221 e. The molecule has 2 N–H and O–H groups in total. The van der Waals surface area contributed by atoms with E-state index in [0.29, 0.717) is 19.3 Å². The van der Waals surface area contributed by atoms with Gasteiger partial charge in [0.05, 0.1) is 19.8 Å². The minimum absolute atomic E-state index is 0.0994. The quantitative estimate of drug-likeness (QED) is 0.671. The van der Waals surface area contributed by atoms with Crippen molar-refractivity contribution in [3.8, 4) is 11.5 Å². The summed E-state index contributed by atoms with van der Waals surface area (Å²) in [4.78, 5) is 18.0. The number of hydrogen-bond acceptors (Lipinski definition) is 3. The van der Waals surface area contributed by atoms with E-state index >= 15 is 0 Å². The maximum atomic E-state index is 13.4. The summed E-state index contributed by atoms with van der Waals surface area (Å²) < 4.78 is 11.7. The molecule has 0 saturated carbocycles. The molecule has 150 valence electrons. The van der Waals surface area contributed by atoms with Crippen LogP contribution in [0.4, 0.5) is 0 Å². The second-order valence-corrected chi connectivity index (χ2v) is 8.11. The van der Waals surface area contributed by atoms with Gasteiger partial charge in [-0.15, -0.1) is 0 Å². The van der Waals surface area contributed by atoms with E-state index in [0.717, 1.165) is 53.8 Å². The first kappa shape index (κ1) is 18.3. The highest BCUT2D eigenvalue weighted by Crippen LogP contribution is 2.33. The van der Waals surface area contributed by atoms with Crippen LogP contribution in [-0.4, -0.2) is 36.6 Å². The van der Waals surface area contributed by atoms with Gasteiger partial charge in [-0.1, -0.05) is 18.2 Å². The van der Waals surface area contributed by atoms with Crippen molar-refractivity contribution in [3.63, 3.8) is 0 Å². The van der Waals surface area contributed by atoms with Crippen molar-refractivity contribution in [1.82, 2.24) is 4.98 Å². The molecule has 29 heavy (non-hydrogen) atoms. The number of H-pyrrole nitrogens is 1. The Morgan fingerprint density at radius 3 is 2.83 bits per heavy atom. The Bertz CT molecular complexity index is 1040. The van der Waals surface area contributed by atoms with Gasteiger partial charge in [0.2, 0.25) is 5.78 Å². The van der Waals surface area contributed by atoms with Crippen LogP contribution < -0.4 is 14.4 Å². The zero-order valence-corrected chi connectivity index (χ0v) is 16.7. The van der Waals surface area contributed by atoms with Gasteiger partial charge in [-0.25, -0.2) is 0 Å². The third kappa shape index (κ3) is 3.29. The van der Waals surface area contributed by atoms with Crippen molar-refractivity contribution in [2.45, 2.75) is 38.3 Å². The van der Waals surface area contributed by atoms with Gasteiger partial charge in [-0.2, -0.15) is 0 Å². The first-order valence-corrected chi connectivity index (χ1v) is 10.6. The maximum absolute atomic E-state index is 13.4. The lowest BCUT2D eigenvalue weighted by Gasteiger charge is -2.27. The second kappa shape index (κ2) is 7.56. The fourth-order valence-corrected chi connectivity index (χ4v) is 4.84. The first-order chi connectivity index (χ1) is 14.2. The number of rotatable bonds is 4. The molecular formula is C24H27N2O3+. The summed E-state index contributed by atoms with van der Waals surface area (Å²) in [5, 5.41) is 1.01. The first-order valence-electron chi connectivity index (χ1n) is 10.6. The van der Waals surface area contributed by atoms with Gasteiger partial charge in [0.25, 0.3) is 0 Å². The highest BCUT2D eigenvalue weighted by atomic mass is 16.5. The molecule has 5 rings (SSSR count). The molecule has 0 amide bonds. The molecular weight excluding hydrogens is 364 g/mol. The summed E-state index contributed by atoms with van der Waals surface area (Å²) in [6.45, 7) is 4.46. The number of benzene rings is 2. The van der Waals surface area contributed by atoms with E-state index in [1.807, 2.05) is 36.5 Å². The summed E-state index contributed by atoms with van der Waals surface area (Å²) in [6.07, 6.45) is 4.98. The molecule has 5 nitrogen and oxygen atoms in total. The number of fused-ring (bicyclic) bond motifs is 2. The maximum Gasteiger partial charge on any atom is 0.221 e. The van der Waals surface area contributed by atoms with Crippen LogP contribution in [-0.2, 0) is 0 Å². The largest absolute Gasteiger partial charge is 0.490 e. The Kier molecular flexibility index (Phi) is 4.76. The molecule has 1 fully saturated rings. The van der Waals surface area contributed by atoms with Crippen LogP contribution >= 0.6 is 0 Å². The van der Waals surface area contributed by atoms with Gasteiger partial charge in [-0.05, 0) is 31.2 Å². The van der Waals surface area contributed by atoms with E-state index in [9.17, 15) is 4.79 Å². The third-order valence-corrected chi connectivity index (χ3v) is 6.38. The van der Waals surface area contributed by atoms with Gasteiger partial charge in [0.15, 0.2) is 11.5 Å². The van der Waals surface area contributed by atoms with Crippen molar-refractivity contribution in [3.05, 3.63) is 59.8 Å². The number of nitrogens with one attached hydrogen (secondary N) is 2. The molecule has 1 unspecified atom stereocenters. The molecule has 3 aromatic rings. The molecule has 3 heterocycles. The number of para-hydroxylation sites is 1. The monoisotopic (exact) mass is 391 g/mol. The summed E-state index contributed by atoms with van der Waals surface area (Å²) >= 11 is 0. The summed E-state index contributed by atoms with van der Waals surface area (Å²) in [7, 11) is 0. The summed E-state index contributed by atoms with van der Waals surface area (Å²) in [5.41, 5.74) is 3.05. The van der Waals surface area contributed by atoms with E-state index < -0.39 is 0 Å². The number of quaternary nitrogens is 1. The second-order valence-electron chi connectivity index (χ2n) is 8.11. The SMILES string of the molecule is C[C@H](C(=O)c1c[nH]c2ccccc12)[NH+]1CCC[C@@H]1c1ccc2c(c1)OCCCO2. The number of aromatic nitrogens is 1. The molecule has 2 aliphatic heterocycles. The van der Waals surface area contributed by atoms with Crippen molar-refractivity contribution in [1.29, 1.82) is 0 Å². The minimum Gasteiger partial charge on any atom is -0.490 e. The van der Waals surface area contributed by atoms with Crippen molar-refractivity contribution in [2.24, 2.45) is 0 Å². The number of carbonyl (C=O) groups excluding carboxylic acids is 1. The number of hydrogen-bond donors (Lipinski definition) is 2. The molecule has 0 aliphatic carbocycles. The van der Waals surface area contributed by atoms with Crippen molar-refractivity contribution >= 4 is 16.7 Å². The van der Waals surface area contributed by atoms with E-state index in [2.05, 4.69) is 24.0 Å². The average molecular weight is 391 g/mol. The molecule has 0 bridgehead atoms. The molecule has 5 heteroatoms. The molecule has 2 aromatic carbocycles. The van der Waals surface area contributed by atoms with E-state index in [4.69, 9.17) is 9.47 Å². The predicted octanol–water partition coefficient (Wildman–Crippen LogP) is 3.32. The highest BCUT2D eigenvalue weighted by molar-refractivity contribution is 6.09. The van der Waals surface area contributed by atoms with Crippen molar-refractivity contribution < 1.29 is 19.2 Å². The molecule has 1 aromatic heterocycles. The number of likely N-dealkylation sites (tertiary alicyclic amines) is 1.